The Morgan fingerprint density at radius 1 is 1.59 bits per heavy atom. The van der Waals surface area contributed by atoms with Crippen molar-refractivity contribution in [3.63, 3.8) is 0 Å². The van der Waals surface area contributed by atoms with Crippen LogP contribution in [0.2, 0.25) is 0 Å². The summed E-state index contributed by atoms with van der Waals surface area (Å²) < 4.78 is 1.98. The highest BCUT2D eigenvalue weighted by Crippen LogP contribution is 2.23. The van der Waals surface area contributed by atoms with E-state index in [1.807, 2.05) is 4.68 Å². The van der Waals surface area contributed by atoms with Crippen LogP contribution in [-0.2, 0) is 6.54 Å². The van der Waals surface area contributed by atoms with Crippen molar-refractivity contribution in [3.8, 4) is 0 Å². The van der Waals surface area contributed by atoms with E-state index in [1.165, 1.54) is 12.0 Å². The van der Waals surface area contributed by atoms with E-state index in [9.17, 15) is 0 Å². The van der Waals surface area contributed by atoms with Crippen LogP contribution in [-0.4, -0.2) is 20.8 Å². The van der Waals surface area contributed by atoms with Gasteiger partial charge in [-0.1, -0.05) is 19.4 Å². The molecule has 94 valence electrons. The van der Waals surface area contributed by atoms with Crippen molar-refractivity contribution in [2.24, 2.45) is 11.7 Å². The first kappa shape index (κ1) is 12.3. The van der Waals surface area contributed by atoms with Gasteiger partial charge in [0.25, 0.3) is 0 Å². The van der Waals surface area contributed by atoms with Gasteiger partial charge in [0.1, 0.15) is 6.33 Å². The Bertz CT molecular complexity index is 392. The van der Waals surface area contributed by atoms with Crippen molar-refractivity contribution in [1.82, 2.24) is 14.8 Å². The summed E-state index contributed by atoms with van der Waals surface area (Å²) in [7, 11) is 0. The van der Waals surface area contributed by atoms with Crippen molar-refractivity contribution in [2.75, 3.05) is 0 Å². The molecule has 2 rings (SSSR count). The monoisotopic (exact) mass is 234 g/mol. The van der Waals surface area contributed by atoms with Gasteiger partial charge in [-0.15, -0.1) is 0 Å². The molecule has 0 spiro atoms. The van der Waals surface area contributed by atoms with Crippen molar-refractivity contribution in [3.05, 3.63) is 17.7 Å². The fourth-order valence-corrected chi connectivity index (χ4v) is 2.32. The van der Waals surface area contributed by atoms with Gasteiger partial charge in [0, 0.05) is 12.6 Å². The van der Waals surface area contributed by atoms with Crippen LogP contribution in [0.25, 0.3) is 6.08 Å². The fourth-order valence-electron chi connectivity index (χ4n) is 2.32. The lowest BCUT2D eigenvalue weighted by Gasteiger charge is -2.20. The molecule has 1 aromatic rings. The fraction of sp³-hybridized carbons (Fsp3) is 0.692. The molecule has 0 radical (unpaired) electrons. The Morgan fingerprint density at radius 2 is 2.41 bits per heavy atom. The number of nitrogens with two attached hydrogens (primary N) is 1. The summed E-state index contributed by atoms with van der Waals surface area (Å²) in [5.41, 5.74) is 7.41. The summed E-state index contributed by atoms with van der Waals surface area (Å²) in [6.45, 7) is 5.30. The molecule has 2 N–H and O–H groups in total. The minimum atomic E-state index is 0.330. The van der Waals surface area contributed by atoms with Gasteiger partial charge >= 0.3 is 0 Å². The van der Waals surface area contributed by atoms with E-state index >= 15 is 0 Å². The molecular weight excluding hydrogens is 212 g/mol. The largest absolute Gasteiger partial charge is 0.327 e. The molecule has 1 atom stereocenters. The Labute approximate surface area is 103 Å². The van der Waals surface area contributed by atoms with Crippen LogP contribution in [0.1, 0.15) is 45.4 Å². The van der Waals surface area contributed by atoms with Crippen LogP contribution < -0.4 is 5.73 Å². The minimum Gasteiger partial charge on any atom is -0.327 e. The summed E-state index contributed by atoms with van der Waals surface area (Å²) in [6, 6.07) is 0.330. The lowest BCUT2D eigenvalue weighted by molar-refractivity contribution is 0.478. The van der Waals surface area contributed by atoms with E-state index in [-0.39, 0.29) is 0 Å². The quantitative estimate of drug-likeness (QED) is 0.872. The second kappa shape index (κ2) is 5.45. The Kier molecular flexibility index (Phi) is 3.94. The third-order valence-corrected chi connectivity index (χ3v) is 3.11. The van der Waals surface area contributed by atoms with Gasteiger partial charge in [0.2, 0.25) is 0 Å². The van der Waals surface area contributed by atoms with E-state index in [4.69, 9.17) is 5.73 Å². The number of hydrogen-bond donors (Lipinski definition) is 1. The molecule has 0 bridgehead atoms. The number of hydrogen-bond acceptors (Lipinski definition) is 3. The molecule has 0 aliphatic heterocycles. The number of nitrogens with zero attached hydrogens (tertiary/aromatic N) is 3. The molecule has 0 aromatic carbocycles. The predicted molar refractivity (Wildman–Crippen MR) is 69.3 cm³/mol. The molecular formula is C13H22N4. The highest BCUT2D eigenvalue weighted by molar-refractivity contribution is 5.45. The predicted octanol–water partition coefficient (Wildman–Crippen LogP) is 2.22. The van der Waals surface area contributed by atoms with Gasteiger partial charge < -0.3 is 5.73 Å². The van der Waals surface area contributed by atoms with Crippen molar-refractivity contribution in [2.45, 2.75) is 52.1 Å². The minimum absolute atomic E-state index is 0.330. The second-order valence-electron chi connectivity index (χ2n) is 5.35. The first-order valence-electron chi connectivity index (χ1n) is 6.48. The lowest BCUT2D eigenvalue weighted by Crippen LogP contribution is -2.23. The van der Waals surface area contributed by atoms with Gasteiger partial charge in [-0.2, -0.15) is 5.10 Å². The molecule has 1 heterocycles. The molecule has 1 aromatic heterocycles. The molecule has 0 amide bonds. The van der Waals surface area contributed by atoms with Crippen LogP contribution in [0.15, 0.2) is 11.9 Å². The van der Waals surface area contributed by atoms with Gasteiger partial charge in [0.15, 0.2) is 5.82 Å². The highest BCUT2D eigenvalue weighted by Gasteiger charge is 2.14. The molecule has 1 fully saturated rings. The van der Waals surface area contributed by atoms with E-state index in [1.54, 1.807) is 6.33 Å². The van der Waals surface area contributed by atoms with Crippen molar-refractivity contribution in [1.29, 1.82) is 0 Å². The van der Waals surface area contributed by atoms with E-state index in [0.717, 1.165) is 31.6 Å². The number of aromatic nitrogens is 3. The third kappa shape index (κ3) is 3.40. The summed E-state index contributed by atoms with van der Waals surface area (Å²) >= 11 is 0. The van der Waals surface area contributed by atoms with E-state index in [2.05, 4.69) is 30.0 Å². The molecule has 4 heteroatoms. The van der Waals surface area contributed by atoms with Crippen molar-refractivity contribution < 1.29 is 0 Å². The maximum atomic E-state index is 5.99. The third-order valence-electron chi connectivity index (χ3n) is 3.11. The molecule has 0 saturated heterocycles. The Morgan fingerprint density at radius 3 is 3.12 bits per heavy atom. The van der Waals surface area contributed by atoms with Gasteiger partial charge in [-0.05, 0) is 37.7 Å². The zero-order chi connectivity index (χ0) is 12.3. The van der Waals surface area contributed by atoms with Gasteiger partial charge in [0.05, 0.1) is 0 Å². The molecule has 1 aliphatic carbocycles. The van der Waals surface area contributed by atoms with Crippen LogP contribution in [0.4, 0.5) is 0 Å². The molecule has 4 nitrogen and oxygen atoms in total. The Balaban J connectivity index is 2.11. The maximum Gasteiger partial charge on any atom is 0.150 e. The van der Waals surface area contributed by atoms with Crippen LogP contribution in [0.3, 0.4) is 0 Å². The molecule has 17 heavy (non-hydrogen) atoms. The second-order valence-corrected chi connectivity index (χ2v) is 5.35. The Hall–Kier alpha value is -1.16. The highest BCUT2D eigenvalue weighted by atomic mass is 15.3. The average Bonchev–Trinajstić information content (AvgIpc) is 2.65. The lowest BCUT2D eigenvalue weighted by atomic mass is 9.91. The molecule has 1 saturated carbocycles. The zero-order valence-corrected chi connectivity index (χ0v) is 10.8. The van der Waals surface area contributed by atoms with Crippen molar-refractivity contribution >= 4 is 6.08 Å². The summed E-state index contributed by atoms with van der Waals surface area (Å²) in [5, 5.41) is 4.27. The normalized spacial score (nSPS) is 23.5. The standard InChI is InChI=1S/C13H22N4/c1-10(2)8-17-13(15-9-16-17)7-11-4-3-5-12(14)6-11/h7,9-10,12H,3-6,8,14H2,1-2H3. The van der Waals surface area contributed by atoms with E-state index in [0.29, 0.717) is 12.0 Å². The number of rotatable bonds is 3. The maximum absolute atomic E-state index is 5.99. The van der Waals surface area contributed by atoms with Crippen LogP contribution >= 0.6 is 0 Å². The van der Waals surface area contributed by atoms with Gasteiger partial charge in [-0.3, -0.25) is 0 Å². The average molecular weight is 234 g/mol. The SMILES string of the molecule is CC(C)Cn1ncnc1C=C1CCCC(N)C1. The first-order chi connectivity index (χ1) is 8.15. The summed E-state index contributed by atoms with van der Waals surface area (Å²) in [6.07, 6.45) is 8.32. The molecule has 1 unspecified atom stereocenters. The summed E-state index contributed by atoms with van der Waals surface area (Å²) in [4.78, 5) is 4.32. The first-order valence-corrected chi connectivity index (χ1v) is 6.48. The zero-order valence-electron chi connectivity index (χ0n) is 10.8. The van der Waals surface area contributed by atoms with Gasteiger partial charge in [-0.25, -0.2) is 9.67 Å². The topological polar surface area (TPSA) is 56.7 Å². The van der Waals surface area contributed by atoms with Crippen LogP contribution in [0, 0.1) is 5.92 Å². The molecule has 1 aliphatic rings. The summed E-state index contributed by atoms with van der Waals surface area (Å²) in [5.74, 6) is 1.56. The smallest absolute Gasteiger partial charge is 0.150 e. The van der Waals surface area contributed by atoms with E-state index < -0.39 is 0 Å². The van der Waals surface area contributed by atoms with Crippen LogP contribution in [0.5, 0.6) is 0 Å².